The molecule has 0 saturated heterocycles. The first kappa shape index (κ1) is 18.5. The summed E-state index contributed by atoms with van der Waals surface area (Å²) in [6.07, 6.45) is 3.54. The van der Waals surface area contributed by atoms with Crippen molar-refractivity contribution in [1.29, 1.82) is 0 Å². The first-order chi connectivity index (χ1) is 9.50. The molecule has 0 saturated carbocycles. The Morgan fingerprint density at radius 2 is 1.57 bits per heavy atom. The predicted octanol–water partition coefficient (Wildman–Crippen LogP) is 5.69. The second-order valence-corrected chi connectivity index (χ2v) is 8.53. The van der Waals surface area contributed by atoms with Crippen molar-refractivity contribution in [2.75, 3.05) is 6.54 Å². The Kier molecular flexibility index (Phi) is 6.31. The zero-order valence-corrected chi connectivity index (χ0v) is 15.6. The smallest absolute Gasteiger partial charge is 0.0438 e. The van der Waals surface area contributed by atoms with Gasteiger partial charge in [-0.05, 0) is 88.6 Å². The Bertz CT molecular complexity index is 469. The molecular weight excluding hydrogens is 278 g/mol. The fourth-order valence-electron chi connectivity index (χ4n) is 2.48. The van der Waals surface area contributed by atoms with E-state index in [4.69, 9.17) is 11.6 Å². The van der Waals surface area contributed by atoms with E-state index in [1.807, 2.05) is 0 Å². The largest absolute Gasteiger partial charge is 0.312 e. The highest BCUT2D eigenvalue weighted by Crippen LogP contribution is 2.29. The zero-order valence-electron chi connectivity index (χ0n) is 14.9. The molecule has 0 amide bonds. The van der Waals surface area contributed by atoms with Crippen LogP contribution in [0.3, 0.4) is 0 Å². The van der Waals surface area contributed by atoms with Gasteiger partial charge in [0.2, 0.25) is 0 Å². The molecule has 0 atom stereocenters. The third-order valence-electron chi connectivity index (χ3n) is 4.15. The maximum Gasteiger partial charge on any atom is 0.0438 e. The SMILES string of the molecule is Cc1cc(CCC(C)(C)CCNC(C)(C)C)c(C)cc1Cl. The summed E-state index contributed by atoms with van der Waals surface area (Å²) in [6.45, 7) is 16.7. The van der Waals surface area contributed by atoms with Crippen molar-refractivity contribution in [2.24, 2.45) is 5.41 Å². The Morgan fingerprint density at radius 3 is 2.14 bits per heavy atom. The molecule has 0 aliphatic heterocycles. The number of benzene rings is 1. The van der Waals surface area contributed by atoms with Crippen molar-refractivity contribution < 1.29 is 0 Å². The average molecular weight is 310 g/mol. The number of halogens is 1. The number of rotatable bonds is 6. The molecule has 1 nitrogen and oxygen atoms in total. The molecule has 0 aliphatic rings. The normalized spacial score (nSPS) is 12.8. The maximum absolute atomic E-state index is 6.18. The van der Waals surface area contributed by atoms with Gasteiger partial charge in [0.15, 0.2) is 0 Å². The summed E-state index contributed by atoms with van der Waals surface area (Å²) in [5.74, 6) is 0. The van der Waals surface area contributed by atoms with Crippen LogP contribution in [-0.2, 0) is 6.42 Å². The van der Waals surface area contributed by atoms with E-state index in [9.17, 15) is 0 Å². The Balaban J connectivity index is 2.55. The van der Waals surface area contributed by atoms with E-state index in [0.29, 0.717) is 5.41 Å². The standard InChI is InChI=1S/C19H32ClN/c1-14-13-17(20)15(2)12-16(14)8-9-19(6,7)10-11-21-18(3,4)5/h12-13,21H,8-11H2,1-7H3. The minimum atomic E-state index is 0.208. The first-order valence-corrected chi connectivity index (χ1v) is 8.39. The van der Waals surface area contributed by atoms with Crippen LogP contribution < -0.4 is 5.32 Å². The lowest BCUT2D eigenvalue weighted by Gasteiger charge is -2.28. The summed E-state index contributed by atoms with van der Waals surface area (Å²) in [6, 6.07) is 4.35. The minimum absolute atomic E-state index is 0.208. The summed E-state index contributed by atoms with van der Waals surface area (Å²) in [5, 5.41) is 4.47. The topological polar surface area (TPSA) is 12.0 Å². The van der Waals surface area contributed by atoms with Gasteiger partial charge in [0.25, 0.3) is 0 Å². The van der Waals surface area contributed by atoms with Crippen LogP contribution in [0.15, 0.2) is 12.1 Å². The monoisotopic (exact) mass is 309 g/mol. The lowest BCUT2D eigenvalue weighted by Crippen LogP contribution is -2.38. The van der Waals surface area contributed by atoms with Gasteiger partial charge in [0.05, 0.1) is 0 Å². The zero-order chi connectivity index (χ0) is 16.3. The van der Waals surface area contributed by atoms with Crippen molar-refractivity contribution in [1.82, 2.24) is 5.32 Å². The number of nitrogens with one attached hydrogen (secondary N) is 1. The number of aryl methyl sites for hydroxylation is 3. The van der Waals surface area contributed by atoms with Crippen molar-refractivity contribution in [2.45, 2.75) is 73.3 Å². The molecule has 0 aliphatic carbocycles. The predicted molar refractivity (Wildman–Crippen MR) is 95.4 cm³/mol. The van der Waals surface area contributed by atoms with Crippen molar-refractivity contribution >= 4 is 11.6 Å². The molecular formula is C19H32ClN. The van der Waals surface area contributed by atoms with Crippen LogP contribution in [-0.4, -0.2) is 12.1 Å². The first-order valence-electron chi connectivity index (χ1n) is 8.01. The third-order valence-corrected chi connectivity index (χ3v) is 4.55. The fraction of sp³-hybridized carbons (Fsp3) is 0.684. The van der Waals surface area contributed by atoms with Crippen LogP contribution in [0.4, 0.5) is 0 Å². The van der Waals surface area contributed by atoms with Crippen molar-refractivity contribution in [3.63, 3.8) is 0 Å². The van der Waals surface area contributed by atoms with Crippen LogP contribution >= 0.6 is 11.6 Å². The van der Waals surface area contributed by atoms with Gasteiger partial charge in [-0.15, -0.1) is 0 Å². The molecule has 1 aromatic rings. The van der Waals surface area contributed by atoms with E-state index in [1.54, 1.807) is 0 Å². The number of hydrogen-bond donors (Lipinski definition) is 1. The third kappa shape index (κ3) is 6.84. The van der Waals surface area contributed by atoms with Crippen LogP contribution in [0.1, 0.15) is 64.2 Å². The molecule has 1 aromatic carbocycles. The Hall–Kier alpha value is -0.530. The van der Waals surface area contributed by atoms with Crippen LogP contribution in [0, 0.1) is 19.3 Å². The molecule has 0 aromatic heterocycles. The van der Waals surface area contributed by atoms with E-state index in [2.05, 4.69) is 65.9 Å². The van der Waals surface area contributed by atoms with Crippen LogP contribution in [0.5, 0.6) is 0 Å². The molecule has 1 rings (SSSR count). The van der Waals surface area contributed by atoms with Gasteiger partial charge in [-0.2, -0.15) is 0 Å². The maximum atomic E-state index is 6.18. The van der Waals surface area contributed by atoms with Gasteiger partial charge < -0.3 is 5.32 Å². The molecule has 0 heterocycles. The van der Waals surface area contributed by atoms with Gasteiger partial charge >= 0.3 is 0 Å². The summed E-state index contributed by atoms with van der Waals surface area (Å²) in [5.41, 5.74) is 4.51. The summed E-state index contributed by atoms with van der Waals surface area (Å²) in [4.78, 5) is 0. The molecule has 0 fully saturated rings. The number of hydrogen-bond acceptors (Lipinski definition) is 1. The van der Waals surface area contributed by atoms with Gasteiger partial charge in [-0.25, -0.2) is 0 Å². The van der Waals surface area contributed by atoms with E-state index < -0.39 is 0 Å². The molecule has 0 spiro atoms. The Labute approximate surface area is 136 Å². The summed E-state index contributed by atoms with van der Waals surface area (Å²) >= 11 is 6.18. The highest BCUT2D eigenvalue weighted by molar-refractivity contribution is 6.31. The second kappa shape index (κ2) is 7.15. The molecule has 2 heteroatoms. The van der Waals surface area contributed by atoms with Crippen molar-refractivity contribution in [3.8, 4) is 0 Å². The van der Waals surface area contributed by atoms with E-state index in [-0.39, 0.29) is 5.54 Å². The van der Waals surface area contributed by atoms with Gasteiger partial charge in [-0.3, -0.25) is 0 Å². The highest BCUT2D eigenvalue weighted by atomic mass is 35.5. The van der Waals surface area contributed by atoms with Gasteiger partial charge in [0, 0.05) is 10.6 Å². The van der Waals surface area contributed by atoms with Gasteiger partial charge in [0.1, 0.15) is 0 Å². The van der Waals surface area contributed by atoms with E-state index in [1.165, 1.54) is 29.5 Å². The molecule has 0 unspecified atom stereocenters. The van der Waals surface area contributed by atoms with Gasteiger partial charge in [-0.1, -0.05) is 31.5 Å². The summed E-state index contributed by atoms with van der Waals surface area (Å²) < 4.78 is 0. The second-order valence-electron chi connectivity index (χ2n) is 8.12. The van der Waals surface area contributed by atoms with Crippen molar-refractivity contribution in [3.05, 3.63) is 33.8 Å². The quantitative estimate of drug-likeness (QED) is 0.711. The molecule has 1 N–H and O–H groups in total. The molecule has 0 radical (unpaired) electrons. The lowest BCUT2D eigenvalue weighted by molar-refractivity contribution is 0.284. The van der Waals surface area contributed by atoms with E-state index >= 15 is 0 Å². The van der Waals surface area contributed by atoms with Crippen LogP contribution in [0.2, 0.25) is 5.02 Å². The lowest BCUT2D eigenvalue weighted by atomic mass is 9.82. The average Bonchev–Trinajstić information content (AvgIpc) is 2.30. The Morgan fingerprint density at radius 1 is 0.952 bits per heavy atom. The molecule has 21 heavy (non-hydrogen) atoms. The van der Waals surface area contributed by atoms with E-state index in [0.717, 1.165) is 18.0 Å². The minimum Gasteiger partial charge on any atom is -0.312 e. The molecule has 120 valence electrons. The summed E-state index contributed by atoms with van der Waals surface area (Å²) in [7, 11) is 0. The molecule has 0 bridgehead atoms. The highest BCUT2D eigenvalue weighted by Gasteiger charge is 2.19. The van der Waals surface area contributed by atoms with Crippen LogP contribution in [0.25, 0.3) is 0 Å². The fourth-order valence-corrected chi connectivity index (χ4v) is 2.70.